The van der Waals surface area contributed by atoms with Gasteiger partial charge in [0.05, 0.1) is 6.04 Å². The maximum Gasteiger partial charge on any atom is 0.326 e. The minimum atomic E-state index is -1.47. The van der Waals surface area contributed by atoms with Crippen LogP contribution in [-0.2, 0) is 36.8 Å². The topological polar surface area (TPSA) is 224 Å². The molecule has 44 heavy (non-hydrogen) atoms. The van der Waals surface area contributed by atoms with E-state index in [1.807, 2.05) is 24.3 Å². The van der Waals surface area contributed by atoms with Crippen LogP contribution < -0.4 is 21.7 Å². The van der Waals surface area contributed by atoms with Crippen molar-refractivity contribution in [1.82, 2.24) is 20.9 Å². The fourth-order valence-electron chi connectivity index (χ4n) is 4.73. The van der Waals surface area contributed by atoms with Gasteiger partial charge in [-0.25, -0.2) is 4.79 Å². The summed E-state index contributed by atoms with van der Waals surface area (Å²) in [7, 11) is 0. The van der Waals surface area contributed by atoms with E-state index < -0.39 is 66.2 Å². The fourth-order valence-corrected chi connectivity index (χ4v) is 4.73. The first-order valence-corrected chi connectivity index (χ1v) is 14.3. The highest BCUT2D eigenvalue weighted by atomic mass is 16.4. The second-order valence-electron chi connectivity index (χ2n) is 10.8. The van der Waals surface area contributed by atoms with Crippen molar-refractivity contribution in [3.8, 4) is 5.75 Å². The van der Waals surface area contributed by atoms with Gasteiger partial charge in [-0.1, -0.05) is 50.6 Å². The summed E-state index contributed by atoms with van der Waals surface area (Å²) in [6.07, 6.45) is 1.56. The zero-order valence-electron chi connectivity index (χ0n) is 24.6. The number of aromatic amines is 1. The van der Waals surface area contributed by atoms with E-state index in [1.165, 1.54) is 12.1 Å². The van der Waals surface area contributed by atoms with Gasteiger partial charge >= 0.3 is 11.9 Å². The van der Waals surface area contributed by atoms with Crippen LogP contribution in [0.1, 0.15) is 44.2 Å². The minimum absolute atomic E-state index is 0.0543. The van der Waals surface area contributed by atoms with Gasteiger partial charge in [-0.05, 0) is 48.1 Å². The van der Waals surface area contributed by atoms with Crippen LogP contribution in [0.15, 0.2) is 54.7 Å². The lowest BCUT2D eigenvalue weighted by Gasteiger charge is -2.28. The molecular weight excluding hydrogens is 570 g/mol. The number of carbonyl (C=O) groups is 5. The number of H-pyrrole nitrogens is 1. The van der Waals surface area contributed by atoms with Crippen LogP contribution in [0, 0.1) is 5.92 Å². The molecule has 236 valence electrons. The molecule has 0 aliphatic rings. The van der Waals surface area contributed by atoms with Gasteiger partial charge in [-0.2, -0.15) is 0 Å². The van der Waals surface area contributed by atoms with Gasteiger partial charge in [0.25, 0.3) is 0 Å². The number of aromatic nitrogens is 1. The Morgan fingerprint density at radius 1 is 0.864 bits per heavy atom. The third-order valence-corrected chi connectivity index (χ3v) is 7.52. The molecule has 1 heterocycles. The summed E-state index contributed by atoms with van der Waals surface area (Å²) < 4.78 is 0. The smallest absolute Gasteiger partial charge is 0.326 e. The average Bonchev–Trinajstić information content (AvgIpc) is 3.40. The van der Waals surface area contributed by atoms with Gasteiger partial charge in [-0.3, -0.25) is 19.2 Å². The molecule has 13 heteroatoms. The monoisotopic (exact) mass is 609 g/mol. The van der Waals surface area contributed by atoms with Crippen LogP contribution in [0.3, 0.4) is 0 Å². The third kappa shape index (κ3) is 9.30. The van der Waals surface area contributed by atoms with Crippen LogP contribution in [0.4, 0.5) is 0 Å². The number of hydrogen-bond acceptors (Lipinski definition) is 7. The van der Waals surface area contributed by atoms with Gasteiger partial charge in [0.1, 0.15) is 23.9 Å². The molecular formula is C31H39N5O8. The summed E-state index contributed by atoms with van der Waals surface area (Å²) in [4.78, 5) is 66.0. The number of para-hydroxylation sites is 1. The van der Waals surface area contributed by atoms with Crippen molar-refractivity contribution in [2.45, 2.75) is 70.1 Å². The molecule has 0 saturated carbocycles. The lowest BCUT2D eigenvalue weighted by Crippen LogP contribution is -2.59. The first-order valence-electron chi connectivity index (χ1n) is 14.3. The van der Waals surface area contributed by atoms with Gasteiger partial charge in [-0.15, -0.1) is 0 Å². The number of nitrogens with one attached hydrogen (secondary N) is 4. The molecule has 5 atom stereocenters. The first-order chi connectivity index (χ1) is 20.9. The summed E-state index contributed by atoms with van der Waals surface area (Å²) in [5.74, 6) is -5.06. The Kier molecular flexibility index (Phi) is 11.9. The van der Waals surface area contributed by atoms with Crippen molar-refractivity contribution in [2.24, 2.45) is 11.7 Å². The van der Waals surface area contributed by atoms with Crippen molar-refractivity contribution in [2.75, 3.05) is 0 Å². The molecule has 2 aromatic carbocycles. The van der Waals surface area contributed by atoms with Crippen LogP contribution in [0.25, 0.3) is 10.9 Å². The lowest BCUT2D eigenvalue weighted by atomic mass is 9.96. The second kappa shape index (κ2) is 15.5. The molecule has 0 aliphatic carbocycles. The highest BCUT2D eigenvalue weighted by Crippen LogP contribution is 2.20. The molecule has 1 aromatic heterocycles. The van der Waals surface area contributed by atoms with E-state index in [-0.39, 0.29) is 25.0 Å². The number of rotatable bonds is 16. The van der Waals surface area contributed by atoms with Crippen molar-refractivity contribution in [3.63, 3.8) is 0 Å². The summed E-state index contributed by atoms with van der Waals surface area (Å²) >= 11 is 0. The number of benzene rings is 2. The van der Waals surface area contributed by atoms with E-state index in [0.29, 0.717) is 12.0 Å². The lowest BCUT2D eigenvalue weighted by molar-refractivity contribution is -0.143. The molecule has 5 unspecified atom stereocenters. The van der Waals surface area contributed by atoms with Crippen LogP contribution in [0.2, 0.25) is 0 Å². The number of hydrogen-bond donors (Lipinski definition) is 8. The predicted octanol–water partition coefficient (Wildman–Crippen LogP) is 1.44. The van der Waals surface area contributed by atoms with E-state index in [4.69, 9.17) is 10.8 Å². The van der Waals surface area contributed by atoms with E-state index in [2.05, 4.69) is 20.9 Å². The number of phenols is 1. The largest absolute Gasteiger partial charge is 0.508 e. The molecule has 9 N–H and O–H groups in total. The number of nitrogens with two attached hydrogens (primary N) is 1. The highest BCUT2D eigenvalue weighted by molar-refractivity contribution is 5.95. The van der Waals surface area contributed by atoms with Gasteiger partial charge in [0.2, 0.25) is 17.7 Å². The number of aliphatic carboxylic acids is 2. The van der Waals surface area contributed by atoms with Crippen molar-refractivity contribution in [1.29, 1.82) is 0 Å². The zero-order chi connectivity index (χ0) is 32.4. The van der Waals surface area contributed by atoms with Gasteiger partial charge in [0.15, 0.2) is 0 Å². The molecule has 0 aliphatic heterocycles. The molecule has 0 bridgehead atoms. The average molecular weight is 610 g/mol. The van der Waals surface area contributed by atoms with Gasteiger partial charge in [0, 0.05) is 29.9 Å². The minimum Gasteiger partial charge on any atom is -0.508 e. The number of fused-ring (bicyclic) bond motifs is 1. The number of phenolic OH excluding ortho intramolecular Hbond substituents is 1. The van der Waals surface area contributed by atoms with Crippen molar-refractivity contribution >= 4 is 40.6 Å². The summed E-state index contributed by atoms with van der Waals surface area (Å²) in [6, 6.07) is 8.82. The Bertz CT molecular complexity index is 1470. The summed E-state index contributed by atoms with van der Waals surface area (Å²) in [5.41, 5.74) is 8.44. The first kappa shape index (κ1) is 33.6. The fraction of sp³-hybridized carbons (Fsp3) is 0.387. The number of carbonyl (C=O) groups excluding carboxylic acids is 3. The third-order valence-electron chi connectivity index (χ3n) is 7.52. The maximum absolute atomic E-state index is 13.8. The molecule has 13 nitrogen and oxygen atoms in total. The number of carboxylic acid groups (broad SMARTS) is 2. The van der Waals surface area contributed by atoms with Crippen molar-refractivity contribution in [3.05, 3.63) is 65.9 Å². The Morgan fingerprint density at radius 3 is 2.16 bits per heavy atom. The highest BCUT2D eigenvalue weighted by Gasteiger charge is 2.33. The maximum atomic E-state index is 13.8. The standard InChI is InChI=1S/C31H39N5O8/c1-3-17(2)27(30(42)34-24(31(43)44)12-13-26(38)39)36-29(41)25(15-19-16-33-23-7-5-4-6-21(19)23)35-28(40)22(32)14-18-8-10-20(37)11-9-18/h4-11,16-17,22,24-25,27,33,37H,3,12-15,32H2,1-2H3,(H,34,42)(H,35,40)(H,36,41)(H,38,39)(H,43,44). The number of amides is 3. The summed E-state index contributed by atoms with van der Waals surface area (Å²) in [5, 5.41) is 36.6. The molecule has 3 rings (SSSR count). The summed E-state index contributed by atoms with van der Waals surface area (Å²) in [6.45, 7) is 3.50. The quantitative estimate of drug-likeness (QED) is 0.117. The second-order valence-corrected chi connectivity index (χ2v) is 10.8. The van der Waals surface area contributed by atoms with E-state index in [0.717, 1.165) is 16.5 Å². The van der Waals surface area contributed by atoms with Crippen molar-refractivity contribution < 1.29 is 39.3 Å². The molecule has 3 amide bonds. The molecule has 0 radical (unpaired) electrons. The molecule has 0 spiro atoms. The zero-order valence-corrected chi connectivity index (χ0v) is 24.6. The van der Waals surface area contributed by atoms with Crippen LogP contribution in [0.5, 0.6) is 5.75 Å². The van der Waals surface area contributed by atoms with Gasteiger partial charge < -0.3 is 42.0 Å². The molecule has 0 fully saturated rings. The Hall–Kier alpha value is -4.91. The molecule has 0 saturated heterocycles. The van der Waals surface area contributed by atoms with E-state index in [1.54, 1.807) is 32.2 Å². The van der Waals surface area contributed by atoms with Crippen LogP contribution >= 0.6 is 0 Å². The SMILES string of the molecule is CCC(C)C(NC(=O)C(Cc1c[nH]c2ccccc12)NC(=O)C(N)Cc1ccc(O)cc1)C(=O)NC(CCC(=O)O)C(=O)O. The predicted molar refractivity (Wildman–Crippen MR) is 162 cm³/mol. The Morgan fingerprint density at radius 2 is 1.52 bits per heavy atom. The number of aromatic hydroxyl groups is 1. The van der Waals surface area contributed by atoms with E-state index >= 15 is 0 Å². The van der Waals surface area contributed by atoms with Crippen LogP contribution in [-0.4, -0.2) is 74.1 Å². The Labute approximate surface area is 254 Å². The normalized spacial score (nSPS) is 14.5. The van der Waals surface area contributed by atoms with E-state index in [9.17, 15) is 34.2 Å². The molecule has 3 aromatic rings. The number of carboxylic acids is 2. The Balaban J connectivity index is 1.83.